The number of amides is 1. The van der Waals surface area contributed by atoms with Crippen molar-refractivity contribution in [2.24, 2.45) is 0 Å². The van der Waals surface area contributed by atoms with Gasteiger partial charge in [0.25, 0.3) is 0 Å². The lowest BCUT2D eigenvalue weighted by Gasteiger charge is -2.18. The van der Waals surface area contributed by atoms with Gasteiger partial charge in [-0.1, -0.05) is 17.7 Å². The summed E-state index contributed by atoms with van der Waals surface area (Å²) in [5.74, 6) is 0.731. The second kappa shape index (κ2) is 7.18. The van der Waals surface area contributed by atoms with Crippen LogP contribution < -0.4 is 15.4 Å². The Bertz CT molecular complexity index is 670. The highest BCUT2D eigenvalue weighted by molar-refractivity contribution is 5.97. The summed E-state index contributed by atoms with van der Waals surface area (Å²) in [6, 6.07) is 11.3. The Balaban J connectivity index is 2.05. The van der Waals surface area contributed by atoms with Gasteiger partial charge in [-0.05, 0) is 63.1 Å². The molecule has 122 valence electrons. The Hall–Kier alpha value is -2.49. The Morgan fingerprint density at radius 2 is 1.61 bits per heavy atom. The molecular weight excluding hydrogens is 288 g/mol. The van der Waals surface area contributed by atoms with Crippen LogP contribution in [0.2, 0.25) is 0 Å². The highest BCUT2D eigenvalue weighted by Crippen LogP contribution is 2.22. The van der Waals surface area contributed by atoms with E-state index in [0.29, 0.717) is 0 Å². The molecule has 0 aliphatic carbocycles. The van der Waals surface area contributed by atoms with Crippen LogP contribution in [0.3, 0.4) is 0 Å². The Morgan fingerprint density at radius 3 is 2.13 bits per heavy atom. The summed E-state index contributed by atoms with van der Waals surface area (Å²) in [7, 11) is 1.63. The lowest BCUT2D eigenvalue weighted by atomic mass is 10.0. The number of hydrogen-bond acceptors (Lipinski definition) is 3. The van der Waals surface area contributed by atoms with Crippen molar-refractivity contribution < 1.29 is 9.53 Å². The second-order valence-corrected chi connectivity index (χ2v) is 5.86. The summed E-state index contributed by atoms with van der Waals surface area (Å²) in [4.78, 5) is 12.4. The number of benzene rings is 2. The fourth-order valence-electron chi connectivity index (χ4n) is 2.61. The van der Waals surface area contributed by atoms with Gasteiger partial charge in [-0.3, -0.25) is 4.79 Å². The smallest absolute Gasteiger partial charge is 0.246 e. The van der Waals surface area contributed by atoms with Gasteiger partial charge in [-0.15, -0.1) is 0 Å². The van der Waals surface area contributed by atoms with Gasteiger partial charge in [0.15, 0.2) is 0 Å². The minimum absolute atomic E-state index is 0.0594. The third kappa shape index (κ3) is 4.25. The minimum Gasteiger partial charge on any atom is -0.497 e. The van der Waals surface area contributed by atoms with Gasteiger partial charge >= 0.3 is 0 Å². The maximum absolute atomic E-state index is 12.4. The van der Waals surface area contributed by atoms with Crippen molar-refractivity contribution in [3.8, 4) is 5.75 Å². The molecule has 2 rings (SSSR count). The molecule has 0 saturated heterocycles. The van der Waals surface area contributed by atoms with Crippen molar-refractivity contribution in [3.05, 3.63) is 53.1 Å². The third-order valence-electron chi connectivity index (χ3n) is 3.79. The molecule has 2 aromatic carbocycles. The Kier molecular flexibility index (Phi) is 5.27. The van der Waals surface area contributed by atoms with E-state index in [9.17, 15) is 4.79 Å². The van der Waals surface area contributed by atoms with E-state index in [1.54, 1.807) is 7.11 Å². The number of ether oxygens (including phenoxy) is 1. The number of nitrogens with one attached hydrogen (secondary N) is 2. The molecule has 0 spiro atoms. The van der Waals surface area contributed by atoms with Crippen molar-refractivity contribution in [2.75, 3.05) is 17.7 Å². The quantitative estimate of drug-likeness (QED) is 0.875. The average Bonchev–Trinajstić information content (AvgIpc) is 2.51. The normalized spacial score (nSPS) is 11.7. The van der Waals surface area contributed by atoms with E-state index in [4.69, 9.17) is 4.74 Å². The van der Waals surface area contributed by atoms with E-state index >= 15 is 0 Å². The highest BCUT2D eigenvalue weighted by Gasteiger charge is 2.15. The number of carbonyl (C=O) groups excluding carboxylic acids is 1. The van der Waals surface area contributed by atoms with Gasteiger partial charge in [0.05, 0.1) is 7.11 Å². The molecule has 0 aromatic heterocycles. The molecule has 0 saturated carbocycles. The number of hydrogen-bond donors (Lipinski definition) is 2. The molecule has 0 radical (unpaired) electrons. The van der Waals surface area contributed by atoms with E-state index < -0.39 is 0 Å². The molecule has 1 atom stereocenters. The molecule has 23 heavy (non-hydrogen) atoms. The lowest BCUT2D eigenvalue weighted by Crippen LogP contribution is -2.32. The van der Waals surface area contributed by atoms with Crippen LogP contribution in [-0.2, 0) is 4.79 Å². The Labute approximate surface area is 137 Å². The first-order chi connectivity index (χ1) is 10.9. The summed E-state index contributed by atoms with van der Waals surface area (Å²) in [6.45, 7) is 7.92. The van der Waals surface area contributed by atoms with Crippen LogP contribution in [0, 0.1) is 20.8 Å². The van der Waals surface area contributed by atoms with Crippen molar-refractivity contribution in [2.45, 2.75) is 33.7 Å². The molecule has 0 fully saturated rings. The Morgan fingerprint density at radius 1 is 1.04 bits per heavy atom. The van der Waals surface area contributed by atoms with Crippen LogP contribution in [0.4, 0.5) is 11.4 Å². The molecule has 1 amide bonds. The van der Waals surface area contributed by atoms with Gasteiger partial charge in [-0.25, -0.2) is 0 Å². The van der Waals surface area contributed by atoms with Crippen molar-refractivity contribution in [1.82, 2.24) is 0 Å². The van der Waals surface area contributed by atoms with Gasteiger partial charge in [0.1, 0.15) is 11.8 Å². The molecule has 2 aromatic rings. The first-order valence-electron chi connectivity index (χ1n) is 7.70. The van der Waals surface area contributed by atoms with Gasteiger partial charge in [0, 0.05) is 11.4 Å². The summed E-state index contributed by atoms with van der Waals surface area (Å²) in [5.41, 5.74) is 5.12. The largest absolute Gasteiger partial charge is 0.497 e. The molecular formula is C19H24N2O2. The summed E-state index contributed by atoms with van der Waals surface area (Å²) in [6.07, 6.45) is 0. The predicted molar refractivity (Wildman–Crippen MR) is 95.4 cm³/mol. The zero-order valence-corrected chi connectivity index (χ0v) is 14.4. The van der Waals surface area contributed by atoms with Crippen molar-refractivity contribution in [1.29, 1.82) is 0 Å². The monoisotopic (exact) mass is 312 g/mol. The molecule has 0 bridgehead atoms. The zero-order valence-electron chi connectivity index (χ0n) is 14.4. The van der Waals surface area contributed by atoms with Crippen LogP contribution in [0.15, 0.2) is 36.4 Å². The molecule has 0 unspecified atom stereocenters. The van der Waals surface area contributed by atoms with E-state index in [1.807, 2.05) is 45.0 Å². The highest BCUT2D eigenvalue weighted by atomic mass is 16.5. The van der Waals surface area contributed by atoms with Crippen molar-refractivity contribution >= 4 is 17.3 Å². The summed E-state index contributed by atoms with van der Waals surface area (Å²) < 4.78 is 5.13. The van der Waals surface area contributed by atoms with Crippen LogP contribution >= 0.6 is 0 Å². The number of aryl methyl sites for hydroxylation is 3. The average molecular weight is 312 g/mol. The predicted octanol–water partition coefficient (Wildman–Crippen LogP) is 4.06. The lowest BCUT2D eigenvalue weighted by molar-refractivity contribution is -0.116. The molecule has 0 aliphatic rings. The molecule has 4 heteroatoms. The second-order valence-electron chi connectivity index (χ2n) is 5.86. The number of anilines is 2. The molecule has 0 heterocycles. The molecule has 4 nitrogen and oxygen atoms in total. The third-order valence-corrected chi connectivity index (χ3v) is 3.79. The zero-order chi connectivity index (χ0) is 17.0. The molecule has 2 N–H and O–H groups in total. The first kappa shape index (κ1) is 16.9. The van der Waals surface area contributed by atoms with Crippen LogP contribution in [0.25, 0.3) is 0 Å². The van der Waals surface area contributed by atoms with Gasteiger partial charge < -0.3 is 15.4 Å². The molecule has 0 aliphatic heterocycles. The standard InChI is InChI=1S/C19H24N2O2/c1-12-10-13(2)18(14(3)11-12)21-19(22)15(4)20-16-6-8-17(23-5)9-7-16/h6-11,15,20H,1-5H3,(H,21,22)/t15-/m1/s1. The van der Waals surface area contributed by atoms with Crippen LogP contribution in [0.5, 0.6) is 5.75 Å². The van der Waals surface area contributed by atoms with E-state index in [1.165, 1.54) is 5.56 Å². The first-order valence-corrected chi connectivity index (χ1v) is 7.70. The van der Waals surface area contributed by atoms with Crippen molar-refractivity contribution in [3.63, 3.8) is 0 Å². The fraction of sp³-hybridized carbons (Fsp3) is 0.316. The number of carbonyl (C=O) groups is 1. The minimum atomic E-state index is -0.344. The SMILES string of the molecule is COc1ccc(N[C@H](C)C(=O)Nc2c(C)cc(C)cc2C)cc1. The van der Waals surface area contributed by atoms with E-state index in [0.717, 1.165) is 28.3 Å². The number of rotatable bonds is 5. The number of methoxy groups -OCH3 is 1. The van der Waals surface area contributed by atoms with E-state index in [2.05, 4.69) is 29.7 Å². The van der Waals surface area contributed by atoms with Gasteiger partial charge in [-0.2, -0.15) is 0 Å². The van der Waals surface area contributed by atoms with Crippen LogP contribution in [0.1, 0.15) is 23.6 Å². The van der Waals surface area contributed by atoms with Crippen LogP contribution in [-0.4, -0.2) is 19.1 Å². The summed E-state index contributed by atoms with van der Waals surface area (Å²) in [5, 5.41) is 6.22. The maximum atomic E-state index is 12.4. The summed E-state index contributed by atoms with van der Waals surface area (Å²) >= 11 is 0. The van der Waals surface area contributed by atoms with E-state index in [-0.39, 0.29) is 11.9 Å². The fourth-order valence-corrected chi connectivity index (χ4v) is 2.61. The van der Waals surface area contributed by atoms with Gasteiger partial charge in [0.2, 0.25) is 5.91 Å². The topological polar surface area (TPSA) is 50.4 Å². The maximum Gasteiger partial charge on any atom is 0.246 e.